The smallest absolute Gasteiger partial charge is 0.153 e. The molecule has 4 aromatic heterocycles. The number of aryl methyl sites for hydroxylation is 3. The van der Waals surface area contributed by atoms with Gasteiger partial charge in [-0.3, -0.25) is 0 Å². The van der Waals surface area contributed by atoms with Crippen molar-refractivity contribution < 1.29 is 0 Å². The van der Waals surface area contributed by atoms with Crippen molar-refractivity contribution in [2.45, 2.75) is 48.1 Å². The lowest BCUT2D eigenvalue weighted by Crippen LogP contribution is -2.06. The molecule has 4 rings (SSSR count). The Morgan fingerprint density at radius 3 is 2.14 bits per heavy atom. The average molecular weight is 417 g/mol. The van der Waals surface area contributed by atoms with Crippen LogP contribution >= 0.6 is 23.2 Å². The normalized spacial score (nSPS) is 11.3. The third kappa shape index (κ3) is 3.76. The summed E-state index contributed by atoms with van der Waals surface area (Å²) in [6.07, 6.45) is 3.50. The Balaban J connectivity index is 0.000000167. The van der Waals surface area contributed by atoms with Crippen molar-refractivity contribution in [1.82, 2.24) is 19.5 Å². The van der Waals surface area contributed by atoms with Gasteiger partial charge in [-0.2, -0.15) is 0 Å². The largest absolute Gasteiger partial charge is 0.356 e. The molecule has 4 nitrogen and oxygen atoms in total. The molecule has 0 atom stereocenters. The predicted molar refractivity (Wildman–Crippen MR) is 120 cm³/mol. The fourth-order valence-corrected chi connectivity index (χ4v) is 3.96. The monoisotopic (exact) mass is 416 g/mol. The van der Waals surface area contributed by atoms with Crippen LogP contribution < -0.4 is 0 Å². The molecule has 0 aliphatic rings. The summed E-state index contributed by atoms with van der Waals surface area (Å²) in [5.74, 6) is 0.602. The number of pyridine rings is 2. The molecule has 1 N–H and O–H groups in total. The summed E-state index contributed by atoms with van der Waals surface area (Å²) in [5, 5.41) is 3.53. The van der Waals surface area contributed by atoms with Crippen molar-refractivity contribution >= 4 is 45.0 Å². The molecular weight excluding hydrogens is 391 g/mol. The van der Waals surface area contributed by atoms with Gasteiger partial charge < -0.3 is 9.55 Å². The van der Waals surface area contributed by atoms with Crippen LogP contribution in [0.25, 0.3) is 21.8 Å². The molecule has 148 valence electrons. The first-order valence-corrected chi connectivity index (χ1v) is 10.2. The first kappa shape index (κ1) is 20.7. The lowest BCUT2D eigenvalue weighted by Gasteiger charge is -2.11. The molecule has 0 aliphatic heterocycles. The van der Waals surface area contributed by atoms with Crippen LogP contribution in [0, 0.1) is 33.6 Å². The Morgan fingerprint density at radius 2 is 1.54 bits per heavy atom. The molecule has 28 heavy (non-hydrogen) atoms. The van der Waals surface area contributed by atoms with Crippen LogP contribution in [0.15, 0.2) is 24.5 Å². The Morgan fingerprint density at radius 1 is 0.929 bits per heavy atom. The number of nitrogens with one attached hydrogen (secondary N) is 1. The molecule has 6 heteroatoms. The summed E-state index contributed by atoms with van der Waals surface area (Å²) >= 11 is 12.1. The number of hydrogen-bond acceptors (Lipinski definition) is 2. The van der Waals surface area contributed by atoms with E-state index in [9.17, 15) is 0 Å². The number of fused-ring (bicyclic) bond motifs is 2. The Hall–Kier alpha value is -2.04. The lowest BCUT2D eigenvalue weighted by atomic mass is 10.2. The van der Waals surface area contributed by atoms with Crippen molar-refractivity contribution in [3.63, 3.8) is 0 Å². The van der Waals surface area contributed by atoms with Crippen LogP contribution in [0.2, 0.25) is 10.3 Å². The number of hydrogen-bond donors (Lipinski definition) is 1. The first-order valence-electron chi connectivity index (χ1n) is 9.41. The highest BCUT2D eigenvalue weighted by atomic mass is 35.5. The summed E-state index contributed by atoms with van der Waals surface area (Å²) in [6.45, 7) is 13.8. The van der Waals surface area contributed by atoms with Crippen LogP contribution in [-0.4, -0.2) is 19.5 Å². The van der Waals surface area contributed by atoms with Crippen molar-refractivity contribution in [3.05, 3.63) is 57.3 Å². The lowest BCUT2D eigenvalue weighted by molar-refractivity contribution is 0.527. The standard InChI is InChI=1S/C13H17ClN2.C9H9ClN2/c1-8(2)7-16-10(4)9(3)11-5-6-15-13(14)12(11)16;1-5-6(2)12-8-7(5)3-4-11-9(8)10/h5-6,8H,7H2,1-4H3;3-4,12H,1-2H3. The van der Waals surface area contributed by atoms with Gasteiger partial charge in [-0.25, -0.2) is 9.97 Å². The summed E-state index contributed by atoms with van der Waals surface area (Å²) in [4.78, 5) is 11.4. The fourth-order valence-electron chi connectivity index (χ4n) is 3.50. The minimum absolute atomic E-state index is 0.545. The van der Waals surface area contributed by atoms with Gasteiger partial charge in [0.2, 0.25) is 0 Å². The molecule has 0 unspecified atom stereocenters. The molecule has 0 saturated heterocycles. The van der Waals surface area contributed by atoms with E-state index in [1.165, 1.54) is 22.2 Å². The third-order valence-corrected chi connectivity index (χ3v) is 5.80. The van der Waals surface area contributed by atoms with E-state index < -0.39 is 0 Å². The van der Waals surface area contributed by atoms with E-state index in [0.29, 0.717) is 16.2 Å². The zero-order valence-corrected chi connectivity index (χ0v) is 18.7. The van der Waals surface area contributed by atoms with E-state index >= 15 is 0 Å². The average Bonchev–Trinajstić information content (AvgIpc) is 3.07. The number of H-pyrrole nitrogens is 1. The number of aromatic nitrogens is 4. The van der Waals surface area contributed by atoms with Crippen molar-refractivity contribution in [2.24, 2.45) is 5.92 Å². The highest BCUT2D eigenvalue weighted by Gasteiger charge is 2.14. The first-order chi connectivity index (χ1) is 13.2. The minimum atomic E-state index is 0.545. The number of aromatic amines is 1. The zero-order chi connectivity index (χ0) is 20.6. The molecule has 0 saturated carbocycles. The SMILES string of the molecule is Cc1[nH]c2c(Cl)nccc2c1C.Cc1c(C)n(CC(C)C)c2c(Cl)nccc12. The zero-order valence-electron chi connectivity index (χ0n) is 17.2. The van der Waals surface area contributed by atoms with Gasteiger partial charge in [-0.15, -0.1) is 0 Å². The van der Waals surface area contributed by atoms with Crippen LogP contribution in [0.3, 0.4) is 0 Å². The van der Waals surface area contributed by atoms with Crippen molar-refractivity contribution in [2.75, 3.05) is 0 Å². The Labute approximate surface area is 175 Å². The van der Waals surface area contributed by atoms with Crippen LogP contribution in [0.4, 0.5) is 0 Å². The molecule has 0 bridgehead atoms. The molecule has 4 aromatic rings. The Bertz CT molecular complexity index is 1140. The predicted octanol–water partition coefficient (Wildman–Crippen LogP) is 6.80. The van der Waals surface area contributed by atoms with Gasteiger partial charge in [0.25, 0.3) is 0 Å². The van der Waals surface area contributed by atoms with Gasteiger partial charge in [0.05, 0.1) is 11.0 Å². The second-order valence-corrected chi connectivity index (χ2v) is 8.33. The van der Waals surface area contributed by atoms with Gasteiger partial charge in [0.15, 0.2) is 10.3 Å². The van der Waals surface area contributed by atoms with Crippen molar-refractivity contribution in [3.8, 4) is 0 Å². The number of halogens is 2. The van der Waals surface area contributed by atoms with E-state index in [0.717, 1.165) is 28.7 Å². The van der Waals surface area contributed by atoms with E-state index in [1.54, 1.807) is 12.4 Å². The van der Waals surface area contributed by atoms with Crippen LogP contribution in [0.1, 0.15) is 36.4 Å². The summed E-state index contributed by atoms with van der Waals surface area (Å²) in [5.41, 5.74) is 7.01. The molecular formula is C22H26Cl2N4. The van der Waals surface area contributed by atoms with Crippen LogP contribution in [0.5, 0.6) is 0 Å². The van der Waals surface area contributed by atoms with E-state index in [1.807, 2.05) is 19.1 Å². The summed E-state index contributed by atoms with van der Waals surface area (Å²) < 4.78 is 2.28. The van der Waals surface area contributed by atoms with Gasteiger partial charge in [-0.1, -0.05) is 37.0 Å². The summed E-state index contributed by atoms with van der Waals surface area (Å²) in [6, 6.07) is 4.01. The second-order valence-electron chi connectivity index (χ2n) is 7.61. The van der Waals surface area contributed by atoms with Gasteiger partial charge in [0, 0.05) is 41.1 Å². The minimum Gasteiger partial charge on any atom is -0.356 e. The number of nitrogens with zero attached hydrogens (tertiary/aromatic N) is 3. The van der Waals surface area contributed by atoms with Gasteiger partial charge in [-0.05, 0) is 56.9 Å². The molecule has 0 spiro atoms. The van der Waals surface area contributed by atoms with E-state index in [4.69, 9.17) is 23.2 Å². The topological polar surface area (TPSA) is 46.5 Å². The van der Waals surface area contributed by atoms with Crippen molar-refractivity contribution in [1.29, 1.82) is 0 Å². The van der Waals surface area contributed by atoms with Gasteiger partial charge in [0.1, 0.15) is 0 Å². The third-order valence-electron chi connectivity index (χ3n) is 5.23. The highest BCUT2D eigenvalue weighted by Crippen LogP contribution is 2.30. The molecule has 0 aliphatic carbocycles. The molecule has 0 aromatic carbocycles. The molecule has 4 heterocycles. The quantitative estimate of drug-likeness (QED) is 0.365. The fraction of sp³-hybridized carbons (Fsp3) is 0.364. The maximum atomic E-state index is 6.20. The second kappa shape index (κ2) is 8.14. The van der Waals surface area contributed by atoms with Gasteiger partial charge >= 0.3 is 0 Å². The maximum absolute atomic E-state index is 6.20. The molecule has 0 radical (unpaired) electrons. The summed E-state index contributed by atoms with van der Waals surface area (Å²) in [7, 11) is 0. The Kier molecular flexibility index (Phi) is 6.01. The molecule has 0 amide bonds. The molecule has 0 fully saturated rings. The van der Waals surface area contributed by atoms with Crippen LogP contribution in [-0.2, 0) is 6.54 Å². The highest BCUT2D eigenvalue weighted by molar-refractivity contribution is 6.34. The maximum Gasteiger partial charge on any atom is 0.153 e. The number of rotatable bonds is 2. The van der Waals surface area contributed by atoms with E-state index in [-0.39, 0.29) is 0 Å². The van der Waals surface area contributed by atoms with E-state index in [2.05, 4.69) is 54.1 Å².